The maximum absolute atomic E-state index is 12.9. The van der Waals surface area contributed by atoms with E-state index in [2.05, 4.69) is 77.7 Å². The third-order valence-corrected chi connectivity index (χ3v) is 9.12. The number of aliphatic hydroxyl groups excluding tert-OH is 2. The van der Waals surface area contributed by atoms with Crippen LogP contribution < -0.4 is 0 Å². The fourth-order valence-corrected chi connectivity index (χ4v) is 6.28. The second kappa shape index (κ2) is 15.8. The summed E-state index contributed by atoms with van der Waals surface area (Å²) in [6.45, 7) is 22.2. The maximum Gasteiger partial charge on any atom is 0.161 e. The molecule has 0 aromatic rings. The molecule has 0 heterocycles. The predicted molar refractivity (Wildman–Crippen MR) is 186 cm³/mol. The molecule has 0 aliphatic heterocycles. The lowest BCUT2D eigenvalue weighted by atomic mass is 9.60. The molecule has 1 fully saturated rings. The summed E-state index contributed by atoms with van der Waals surface area (Å²) in [4.78, 5) is 12.9. The number of carbonyl (C=O) groups excluding carboxylic acids is 1. The van der Waals surface area contributed by atoms with E-state index in [1.54, 1.807) is 13.0 Å². The van der Waals surface area contributed by atoms with Crippen LogP contribution in [0.1, 0.15) is 88.0 Å². The molecule has 0 radical (unpaired) electrons. The summed E-state index contributed by atoms with van der Waals surface area (Å²) in [5.74, 6) is 0.198. The first-order chi connectivity index (χ1) is 20.4. The Balaban J connectivity index is 1.91. The molecule has 44 heavy (non-hydrogen) atoms. The first kappa shape index (κ1) is 37.1. The van der Waals surface area contributed by atoms with Crippen molar-refractivity contribution in [1.29, 1.82) is 0 Å². The van der Waals surface area contributed by atoms with Gasteiger partial charge in [-0.05, 0) is 70.4 Å². The molecule has 4 nitrogen and oxygen atoms in total. The van der Waals surface area contributed by atoms with Gasteiger partial charge in [-0.3, -0.25) is 4.79 Å². The quantitative estimate of drug-likeness (QED) is 0.126. The maximum atomic E-state index is 12.9. The average Bonchev–Trinajstić information content (AvgIpc) is 2.88. The van der Waals surface area contributed by atoms with Gasteiger partial charge < -0.3 is 15.3 Å². The molecule has 240 valence electrons. The molecule has 0 amide bonds. The van der Waals surface area contributed by atoms with E-state index in [0.29, 0.717) is 29.9 Å². The van der Waals surface area contributed by atoms with Crippen LogP contribution in [0.2, 0.25) is 0 Å². The molecule has 3 N–H and O–H groups in total. The minimum absolute atomic E-state index is 0.0344. The molecule has 0 unspecified atom stereocenters. The number of aliphatic hydroxyl groups is 3. The van der Waals surface area contributed by atoms with Crippen LogP contribution in [0.3, 0.4) is 0 Å². The lowest BCUT2D eigenvalue weighted by Gasteiger charge is -2.49. The van der Waals surface area contributed by atoms with E-state index in [0.717, 1.165) is 17.6 Å². The Morgan fingerprint density at radius 3 is 1.93 bits per heavy atom. The van der Waals surface area contributed by atoms with Gasteiger partial charge in [-0.25, -0.2) is 0 Å². The van der Waals surface area contributed by atoms with Crippen molar-refractivity contribution >= 4 is 5.78 Å². The van der Waals surface area contributed by atoms with Gasteiger partial charge in [-0.1, -0.05) is 136 Å². The average molecular weight is 601 g/mol. The molecule has 2 aliphatic carbocycles. The fraction of sp³-hybridized carbons (Fsp3) is 0.475. The van der Waals surface area contributed by atoms with Gasteiger partial charge in [0, 0.05) is 17.8 Å². The summed E-state index contributed by atoms with van der Waals surface area (Å²) >= 11 is 0. The van der Waals surface area contributed by atoms with Crippen LogP contribution in [0.4, 0.5) is 0 Å². The summed E-state index contributed by atoms with van der Waals surface area (Å²) < 4.78 is 0. The molecule has 0 bridgehead atoms. The first-order valence-electron chi connectivity index (χ1n) is 15.8. The van der Waals surface area contributed by atoms with Gasteiger partial charge in [0.2, 0.25) is 0 Å². The molecule has 0 aromatic heterocycles. The van der Waals surface area contributed by atoms with Crippen molar-refractivity contribution in [2.45, 2.75) is 106 Å². The van der Waals surface area contributed by atoms with Gasteiger partial charge in [0.25, 0.3) is 0 Å². The normalized spacial score (nSPS) is 29.0. The molecule has 2 rings (SSSR count). The van der Waals surface area contributed by atoms with Crippen molar-refractivity contribution in [2.24, 2.45) is 16.7 Å². The number of rotatable bonds is 11. The number of allylic oxidation sites excluding steroid dienone is 17. The van der Waals surface area contributed by atoms with Gasteiger partial charge in [-0.2, -0.15) is 0 Å². The summed E-state index contributed by atoms with van der Waals surface area (Å²) in [6.07, 6.45) is 26.9. The topological polar surface area (TPSA) is 77.8 Å². The number of hydrogen-bond acceptors (Lipinski definition) is 4. The van der Waals surface area contributed by atoms with Crippen LogP contribution in [-0.2, 0) is 4.79 Å². The lowest BCUT2D eigenvalue weighted by molar-refractivity contribution is -0.130. The van der Waals surface area contributed by atoms with E-state index < -0.39 is 17.1 Å². The largest absolute Gasteiger partial charge is 0.393 e. The van der Waals surface area contributed by atoms with Crippen LogP contribution in [-0.4, -0.2) is 38.9 Å². The molecule has 1 saturated carbocycles. The number of ketones is 1. The van der Waals surface area contributed by atoms with Gasteiger partial charge in [-0.15, -0.1) is 0 Å². The summed E-state index contributed by atoms with van der Waals surface area (Å²) in [5.41, 5.74) is 3.75. The number of Topliss-reactive ketones (excluding diaryl/α,β-unsaturated/α-hetero) is 1. The zero-order valence-corrected chi connectivity index (χ0v) is 28.5. The molecular weight excluding hydrogens is 544 g/mol. The highest BCUT2D eigenvalue weighted by atomic mass is 16.3. The Bertz CT molecular complexity index is 1330. The Hall–Kier alpha value is -3.05. The van der Waals surface area contributed by atoms with Crippen molar-refractivity contribution in [1.82, 2.24) is 0 Å². The minimum atomic E-state index is -1.33. The van der Waals surface area contributed by atoms with Gasteiger partial charge in [0.05, 0.1) is 17.8 Å². The molecule has 4 heteroatoms. The Morgan fingerprint density at radius 2 is 1.39 bits per heavy atom. The van der Waals surface area contributed by atoms with E-state index in [4.69, 9.17) is 0 Å². The monoisotopic (exact) mass is 600 g/mol. The minimum Gasteiger partial charge on any atom is -0.393 e. The zero-order chi connectivity index (χ0) is 33.3. The van der Waals surface area contributed by atoms with Crippen molar-refractivity contribution in [2.75, 3.05) is 0 Å². The summed E-state index contributed by atoms with van der Waals surface area (Å²) in [6, 6.07) is 0. The molecule has 0 aromatic carbocycles. The SMILES string of the molecule is C=C1C[C@@H](O)CC(C)(C)[C@]1(O)CC(=O)/C(C)=C/C=C/C(C)=C/C=C/C=C(C)/C=C/C=C(C)/C=C/[C@H]1C(C)=C[C@H](O)CC1(C)C. The number of hydrogen-bond donors (Lipinski definition) is 3. The van der Waals surface area contributed by atoms with E-state index in [1.165, 1.54) is 11.1 Å². The summed E-state index contributed by atoms with van der Waals surface area (Å²) in [5, 5.41) is 31.5. The van der Waals surface area contributed by atoms with Crippen LogP contribution in [0, 0.1) is 16.7 Å². The Morgan fingerprint density at radius 1 is 0.864 bits per heavy atom. The zero-order valence-electron chi connectivity index (χ0n) is 28.5. The van der Waals surface area contributed by atoms with E-state index in [9.17, 15) is 20.1 Å². The predicted octanol–water partition coefficient (Wildman–Crippen LogP) is 8.78. The third-order valence-electron chi connectivity index (χ3n) is 9.12. The second-order valence-corrected chi connectivity index (χ2v) is 14.2. The fourth-order valence-electron chi connectivity index (χ4n) is 6.28. The second-order valence-electron chi connectivity index (χ2n) is 14.2. The van der Waals surface area contributed by atoms with Gasteiger partial charge in [0.15, 0.2) is 5.78 Å². The lowest BCUT2D eigenvalue weighted by Crippen LogP contribution is -2.53. The van der Waals surface area contributed by atoms with Gasteiger partial charge >= 0.3 is 0 Å². The number of carbonyl (C=O) groups is 1. The molecule has 4 atom stereocenters. The smallest absolute Gasteiger partial charge is 0.161 e. The van der Waals surface area contributed by atoms with Gasteiger partial charge in [0.1, 0.15) is 0 Å². The van der Waals surface area contributed by atoms with E-state index in [1.807, 2.05) is 57.2 Å². The third kappa shape index (κ3) is 10.5. The molecule has 2 aliphatic rings. The highest BCUT2D eigenvalue weighted by Gasteiger charge is 2.51. The van der Waals surface area contributed by atoms with Crippen LogP contribution >= 0.6 is 0 Å². The van der Waals surface area contributed by atoms with E-state index in [-0.39, 0.29) is 23.7 Å². The van der Waals surface area contributed by atoms with Crippen molar-refractivity contribution in [3.63, 3.8) is 0 Å². The summed E-state index contributed by atoms with van der Waals surface area (Å²) in [7, 11) is 0. The standard InChI is InChI=1S/C40H56O4/c1-28(17-13-18-30(3)21-22-36-32(5)23-34(41)25-38(36,7)8)15-11-12-16-29(2)19-14-20-31(4)37(43)27-40(44)33(6)24-35(42)26-39(40,9)10/h11-23,34-36,41-42,44H,6,24-27H2,1-5,7-10H3/b12-11+,17-13+,19-14+,22-21+,28-15+,29-16+,30-18+,31-20+/t34-,35+,36-,40-/m0/s1. The van der Waals surface area contributed by atoms with Crippen LogP contribution in [0.5, 0.6) is 0 Å². The van der Waals surface area contributed by atoms with Crippen molar-refractivity contribution < 1.29 is 20.1 Å². The first-order valence-corrected chi connectivity index (χ1v) is 15.8. The highest BCUT2D eigenvalue weighted by Crippen LogP contribution is 2.48. The van der Waals surface area contributed by atoms with Crippen LogP contribution in [0.15, 0.2) is 119 Å². The van der Waals surface area contributed by atoms with Crippen molar-refractivity contribution in [3.8, 4) is 0 Å². The Kier molecular flexibility index (Phi) is 13.3. The Labute approximate surface area is 267 Å². The highest BCUT2D eigenvalue weighted by molar-refractivity contribution is 5.96. The van der Waals surface area contributed by atoms with E-state index >= 15 is 0 Å². The molecular formula is C40H56O4. The van der Waals surface area contributed by atoms with Crippen molar-refractivity contribution in [3.05, 3.63) is 119 Å². The van der Waals surface area contributed by atoms with Crippen LogP contribution in [0.25, 0.3) is 0 Å². The molecule has 0 saturated heterocycles. The molecule has 0 spiro atoms.